The van der Waals surface area contributed by atoms with Gasteiger partial charge in [0.2, 0.25) is 23.5 Å². The van der Waals surface area contributed by atoms with E-state index in [1.54, 1.807) is 7.05 Å². The zero-order valence-electron chi connectivity index (χ0n) is 18.8. The Morgan fingerprint density at radius 2 is 1.77 bits per heavy atom. The number of rotatable bonds is 6. The summed E-state index contributed by atoms with van der Waals surface area (Å²) < 4.78 is 5.39. The van der Waals surface area contributed by atoms with Crippen molar-refractivity contribution in [3.05, 3.63) is 72.3 Å². The van der Waals surface area contributed by atoms with Gasteiger partial charge in [-0.05, 0) is 23.6 Å². The van der Waals surface area contributed by atoms with Gasteiger partial charge in [-0.1, -0.05) is 53.7 Å². The number of hydrogen-bond acceptors (Lipinski definition) is 8. The number of amides is 4. The average Bonchev–Trinajstić information content (AvgIpc) is 3.44. The summed E-state index contributed by atoms with van der Waals surface area (Å²) >= 11 is 0. The molecule has 0 radical (unpaired) electrons. The SMILES string of the molecule is CN(Cc1nc(-c2cccc(-c3ccccc3)c2)no1)C1=CC(=O)N(C2CCC(=O)NC2=O)C1=O. The van der Waals surface area contributed by atoms with Crippen molar-refractivity contribution in [3.8, 4) is 22.5 Å². The van der Waals surface area contributed by atoms with Crippen LogP contribution < -0.4 is 5.32 Å². The molecule has 1 fully saturated rings. The van der Waals surface area contributed by atoms with Gasteiger partial charge in [0.15, 0.2) is 0 Å². The molecular weight excluding hydrogens is 450 g/mol. The fourth-order valence-corrected chi connectivity index (χ4v) is 4.16. The van der Waals surface area contributed by atoms with Crippen LogP contribution in [0.15, 0.2) is 70.9 Å². The first-order valence-electron chi connectivity index (χ1n) is 11.0. The molecule has 1 atom stereocenters. The zero-order chi connectivity index (χ0) is 24.5. The highest BCUT2D eigenvalue weighted by Gasteiger charge is 2.43. The second-order valence-electron chi connectivity index (χ2n) is 8.32. The van der Waals surface area contributed by atoms with Gasteiger partial charge in [-0.25, -0.2) is 0 Å². The topological polar surface area (TPSA) is 126 Å². The normalized spacial score (nSPS) is 18.0. The number of piperidine rings is 1. The number of benzene rings is 2. The first-order chi connectivity index (χ1) is 16.9. The lowest BCUT2D eigenvalue weighted by molar-refractivity contribution is -0.150. The zero-order valence-corrected chi connectivity index (χ0v) is 18.8. The lowest BCUT2D eigenvalue weighted by Gasteiger charge is -2.29. The Balaban J connectivity index is 1.29. The summed E-state index contributed by atoms with van der Waals surface area (Å²) in [6.45, 7) is 0.0828. The van der Waals surface area contributed by atoms with Crippen LogP contribution in [-0.4, -0.2) is 56.7 Å². The highest BCUT2D eigenvalue weighted by molar-refractivity contribution is 6.18. The quantitative estimate of drug-likeness (QED) is 0.541. The third-order valence-corrected chi connectivity index (χ3v) is 5.94. The molecule has 3 heterocycles. The van der Waals surface area contributed by atoms with E-state index < -0.39 is 29.7 Å². The third-order valence-electron chi connectivity index (χ3n) is 5.94. The Labute approximate surface area is 200 Å². The van der Waals surface area contributed by atoms with Crippen LogP contribution in [0.25, 0.3) is 22.5 Å². The van der Waals surface area contributed by atoms with Crippen molar-refractivity contribution in [3.63, 3.8) is 0 Å². The van der Waals surface area contributed by atoms with Gasteiger partial charge in [0.05, 0.1) is 6.54 Å². The van der Waals surface area contributed by atoms with Gasteiger partial charge in [0, 0.05) is 25.1 Å². The van der Waals surface area contributed by atoms with E-state index in [2.05, 4.69) is 15.5 Å². The number of hydrogen-bond donors (Lipinski definition) is 1. The number of nitrogens with zero attached hydrogens (tertiary/aromatic N) is 4. The summed E-state index contributed by atoms with van der Waals surface area (Å²) in [5, 5.41) is 6.23. The van der Waals surface area contributed by atoms with Crippen molar-refractivity contribution in [2.75, 3.05) is 7.05 Å². The van der Waals surface area contributed by atoms with Gasteiger partial charge in [-0.3, -0.25) is 29.4 Å². The van der Waals surface area contributed by atoms with Crippen LogP contribution in [0.4, 0.5) is 0 Å². The maximum Gasteiger partial charge on any atom is 0.277 e. The Morgan fingerprint density at radius 3 is 2.54 bits per heavy atom. The van der Waals surface area contributed by atoms with Gasteiger partial charge in [-0.15, -0.1) is 0 Å². The Bertz CT molecular complexity index is 1360. The summed E-state index contributed by atoms with van der Waals surface area (Å²) in [6.07, 6.45) is 1.34. The third kappa shape index (κ3) is 4.33. The maximum atomic E-state index is 12.9. The summed E-state index contributed by atoms with van der Waals surface area (Å²) in [4.78, 5) is 55.8. The molecule has 2 aliphatic heterocycles. The first kappa shape index (κ1) is 22.2. The molecule has 0 spiro atoms. The van der Waals surface area contributed by atoms with E-state index in [1.165, 1.54) is 11.0 Å². The lowest BCUT2D eigenvalue weighted by Crippen LogP contribution is -2.54. The van der Waals surface area contributed by atoms with Crippen LogP contribution in [-0.2, 0) is 25.7 Å². The van der Waals surface area contributed by atoms with E-state index in [9.17, 15) is 19.2 Å². The van der Waals surface area contributed by atoms with E-state index in [-0.39, 0.29) is 31.0 Å². The second kappa shape index (κ2) is 8.98. The molecule has 2 aromatic carbocycles. The van der Waals surface area contributed by atoms with Crippen molar-refractivity contribution >= 4 is 23.6 Å². The Morgan fingerprint density at radius 1 is 1.03 bits per heavy atom. The number of carbonyl (C=O) groups is 4. The first-order valence-corrected chi connectivity index (χ1v) is 11.0. The fourth-order valence-electron chi connectivity index (χ4n) is 4.16. The minimum atomic E-state index is -1.01. The van der Waals surface area contributed by atoms with E-state index in [1.807, 2.05) is 54.6 Å². The molecular formula is C25H21N5O5. The van der Waals surface area contributed by atoms with Crippen molar-refractivity contribution < 1.29 is 23.7 Å². The predicted octanol–water partition coefficient (Wildman–Crippen LogP) is 1.89. The Hall–Kier alpha value is -4.60. The van der Waals surface area contributed by atoms with E-state index in [0.717, 1.165) is 21.6 Å². The summed E-state index contributed by atoms with van der Waals surface area (Å²) in [6, 6.07) is 16.7. The van der Waals surface area contributed by atoms with E-state index in [4.69, 9.17) is 4.52 Å². The molecule has 176 valence electrons. The van der Waals surface area contributed by atoms with Crippen LogP contribution in [0.3, 0.4) is 0 Å². The van der Waals surface area contributed by atoms with Crippen molar-refractivity contribution in [2.24, 2.45) is 0 Å². The monoisotopic (exact) mass is 471 g/mol. The molecule has 2 aliphatic rings. The van der Waals surface area contributed by atoms with Crippen LogP contribution >= 0.6 is 0 Å². The average molecular weight is 471 g/mol. The molecule has 1 aromatic heterocycles. The largest absolute Gasteiger partial charge is 0.361 e. The van der Waals surface area contributed by atoms with Crippen LogP contribution in [0.5, 0.6) is 0 Å². The number of aromatic nitrogens is 2. The molecule has 0 bridgehead atoms. The van der Waals surface area contributed by atoms with Crippen LogP contribution in [0, 0.1) is 0 Å². The molecule has 1 unspecified atom stereocenters. The van der Waals surface area contributed by atoms with Gasteiger partial charge in [0.25, 0.3) is 11.8 Å². The second-order valence-corrected chi connectivity index (χ2v) is 8.32. The molecule has 10 heteroatoms. The Kier molecular flexibility index (Phi) is 5.69. The molecule has 1 N–H and O–H groups in total. The van der Waals surface area contributed by atoms with Crippen molar-refractivity contribution in [1.82, 2.24) is 25.3 Å². The van der Waals surface area contributed by atoms with E-state index >= 15 is 0 Å². The molecule has 3 aromatic rings. The highest BCUT2D eigenvalue weighted by Crippen LogP contribution is 2.26. The summed E-state index contributed by atoms with van der Waals surface area (Å²) in [5.74, 6) is -1.62. The molecule has 0 aliphatic carbocycles. The highest BCUT2D eigenvalue weighted by atomic mass is 16.5. The lowest BCUT2D eigenvalue weighted by atomic mass is 10.0. The smallest absolute Gasteiger partial charge is 0.277 e. The molecule has 35 heavy (non-hydrogen) atoms. The molecule has 10 nitrogen and oxygen atoms in total. The molecule has 4 amide bonds. The number of likely N-dealkylation sites (N-methyl/N-ethyl adjacent to an activating group) is 1. The molecule has 1 saturated heterocycles. The van der Waals surface area contributed by atoms with Crippen molar-refractivity contribution in [1.29, 1.82) is 0 Å². The molecule has 0 saturated carbocycles. The summed E-state index contributed by atoms with van der Waals surface area (Å²) in [7, 11) is 1.62. The van der Waals surface area contributed by atoms with Crippen LogP contribution in [0.2, 0.25) is 0 Å². The molecule has 5 rings (SSSR count). The van der Waals surface area contributed by atoms with Gasteiger partial charge in [-0.2, -0.15) is 4.98 Å². The van der Waals surface area contributed by atoms with Gasteiger partial charge in [0.1, 0.15) is 11.7 Å². The van der Waals surface area contributed by atoms with Crippen LogP contribution in [0.1, 0.15) is 18.7 Å². The standard InChI is InChI=1S/C25H21N5O5/c1-29(19-13-22(32)30(25(19)34)18-10-11-20(31)26-24(18)33)14-21-27-23(28-35-21)17-9-5-8-16(12-17)15-6-3-2-4-7-15/h2-9,12-13,18H,10-11,14H2,1H3,(H,26,31,33). The minimum Gasteiger partial charge on any atom is -0.361 e. The number of nitrogens with one attached hydrogen (secondary N) is 1. The maximum absolute atomic E-state index is 12.9. The van der Waals surface area contributed by atoms with Gasteiger partial charge < -0.3 is 9.42 Å². The van der Waals surface area contributed by atoms with E-state index in [0.29, 0.717) is 5.82 Å². The minimum absolute atomic E-state index is 0.0644. The number of carbonyl (C=O) groups excluding carboxylic acids is 4. The van der Waals surface area contributed by atoms with Crippen molar-refractivity contribution in [2.45, 2.75) is 25.4 Å². The van der Waals surface area contributed by atoms with Gasteiger partial charge >= 0.3 is 0 Å². The predicted molar refractivity (Wildman–Crippen MR) is 123 cm³/mol. The summed E-state index contributed by atoms with van der Waals surface area (Å²) in [5.41, 5.74) is 2.96. The number of imide groups is 2. The fraction of sp³-hybridized carbons (Fsp3) is 0.200.